The lowest BCUT2D eigenvalue weighted by Crippen LogP contribution is -2.31. The summed E-state index contributed by atoms with van der Waals surface area (Å²) in [5, 5.41) is 3.76. The van der Waals surface area contributed by atoms with Crippen molar-refractivity contribution in [2.24, 2.45) is 0 Å². The second-order valence-electron chi connectivity index (χ2n) is 7.20. The summed E-state index contributed by atoms with van der Waals surface area (Å²) < 4.78 is 37.9. The zero-order valence-corrected chi connectivity index (χ0v) is 18.0. The van der Waals surface area contributed by atoms with Gasteiger partial charge in [0.15, 0.2) is 6.61 Å². The first-order valence-electron chi connectivity index (χ1n) is 9.90. The van der Waals surface area contributed by atoms with Gasteiger partial charge in [0.1, 0.15) is 5.75 Å². The molecule has 0 spiro atoms. The third kappa shape index (κ3) is 4.80. The second kappa shape index (κ2) is 9.11. The first kappa shape index (κ1) is 20.8. The zero-order valence-electron chi connectivity index (χ0n) is 16.4. The SMILES string of the molecule is O=C(COc1ccc(S(=O)(=O)N2CCCCCC2)cc1)Nc1ccc2sncc2c1. The van der Waals surface area contributed by atoms with Crippen LogP contribution in [-0.2, 0) is 14.8 Å². The molecule has 2 aromatic carbocycles. The highest BCUT2D eigenvalue weighted by Gasteiger charge is 2.25. The minimum atomic E-state index is -3.49. The third-order valence-corrected chi connectivity index (χ3v) is 7.73. The molecular formula is C21H23N3O4S2. The van der Waals surface area contributed by atoms with E-state index in [1.807, 2.05) is 18.2 Å². The summed E-state index contributed by atoms with van der Waals surface area (Å²) in [4.78, 5) is 12.4. The lowest BCUT2D eigenvalue weighted by molar-refractivity contribution is -0.118. The molecule has 3 aromatic rings. The van der Waals surface area contributed by atoms with Crippen LogP contribution >= 0.6 is 11.5 Å². The fourth-order valence-electron chi connectivity index (χ4n) is 3.44. The van der Waals surface area contributed by atoms with Crippen molar-refractivity contribution in [3.05, 3.63) is 48.7 Å². The van der Waals surface area contributed by atoms with Crippen molar-refractivity contribution >= 4 is 43.2 Å². The van der Waals surface area contributed by atoms with Crippen molar-refractivity contribution in [3.63, 3.8) is 0 Å². The molecule has 0 atom stereocenters. The Morgan fingerprint density at radius 3 is 2.53 bits per heavy atom. The monoisotopic (exact) mass is 445 g/mol. The minimum absolute atomic E-state index is 0.169. The standard InChI is InChI=1S/C21H23N3O4S2/c25-21(23-17-5-10-20-16(13-17)14-22-29-20)15-28-18-6-8-19(9-7-18)30(26,27)24-11-3-1-2-4-12-24/h5-10,13-14H,1-4,11-12,15H2,(H,23,25). The van der Waals surface area contributed by atoms with Crippen molar-refractivity contribution in [2.75, 3.05) is 25.0 Å². The molecule has 2 heterocycles. The zero-order chi connectivity index (χ0) is 21.0. The maximum absolute atomic E-state index is 12.8. The van der Waals surface area contributed by atoms with Crippen LogP contribution in [0.3, 0.4) is 0 Å². The Balaban J connectivity index is 1.34. The van der Waals surface area contributed by atoms with Gasteiger partial charge in [-0.15, -0.1) is 0 Å². The molecule has 30 heavy (non-hydrogen) atoms. The highest BCUT2D eigenvalue weighted by atomic mass is 32.2. The predicted octanol–water partition coefficient (Wildman–Crippen LogP) is 3.88. The van der Waals surface area contributed by atoms with E-state index in [1.165, 1.54) is 23.7 Å². The summed E-state index contributed by atoms with van der Waals surface area (Å²) in [5.74, 6) is 0.149. The molecule has 1 saturated heterocycles. The van der Waals surface area contributed by atoms with Gasteiger partial charge in [-0.05, 0) is 66.8 Å². The average molecular weight is 446 g/mol. The maximum atomic E-state index is 12.8. The van der Waals surface area contributed by atoms with E-state index in [1.54, 1.807) is 22.6 Å². The van der Waals surface area contributed by atoms with Crippen LogP contribution in [0.4, 0.5) is 5.69 Å². The number of carbonyl (C=O) groups is 1. The number of amides is 1. The molecule has 0 saturated carbocycles. The molecule has 0 bridgehead atoms. The van der Waals surface area contributed by atoms with Crippen molar-refractivity contribution in [1.82, 2.24) is 8.68 Å². The van der Waals surface area contributed by atoms with E-state index >= 15 is 0 Å². The van der Waals surface area contributed by atoms with E-state index in [2.05, 4.69) is 9.69 Å². The smallest absolute Gasteiger partial charge is 0.262 e. The molecule has 1 N–H and O–H groups in total. The molecule has 158 valence electrons. The molecule has 1 amide bonds. The van der Waals surface area contributed by atoms with E-state index in [4.69, 9.17) is 4.74 Å². The van der Waals surface area contributed by atoms with E-state index in [0.29, 0.717) is 24.5 Å². The summed E-state index contributed by atoms with van der Waals surface area (Å²) in [6, 6.07) is 11.8. The van der Waals surface area contributed by atoms with Crippen LogP contribution in [0.15, 0.2) is 53.6 Å². The molecule has 0 unspecified atom stereocenters. The van der Waals surface area contributed by atoms with Gasteiger partial charge in [-0.1, -0.05) is 12.8 Å². The van der Waals surface area contributed by atoms with Crippen LogP contribution in [0.1, 0.15) is 25.7 Å². The number of anilines is 1. The predicted molar refractivity (Wildman–Crippen MR) is 117 cm³/mol. The molecule has 0 aliphatic carbocycles. The molecule has 9 heteroatoms. The summed E-state index contributed by atoms with van der Waals surface area (Å²) in [6.45, 7) is 0.958. The average Bonchev–Trinajstić information content (AvgIpc) is 3.03. The lowest BCUT2D eigenvalue weighted by atomic mass is 10.2. The van der Waals surface area contributed by atoms with Crippen molar-refractivity contribution in [3.8, 4) is 5.75 Å². The summed E-state index contributed by atoms with van der Waals surface area (Å²) in [6.07, 6.45) is 5.68. The minimum Gasteiger partial charge on any atom is -0.484 e. The Morgan fingerprint density at radius 1 is 1.07 bits per heavy atom. The normalized spacial score (nSPS) is 15.6. The Hall–Kier alpha value is -2.49. The van der Waals surface area contributed by atoms with Crippen LogP contribution in [0, 0.1) is 0 Å². The Morgan fingerprint density at radius 2 is 1.80 bits per heavy atom. The summed E-state index contributed by atoms with van der Waals surface area (Å²) in [7, 11) is -3.49. The number of hydrogen-bond donors (Lipinski definition) is 1. The number of benzene rings is 2. The largest absolute Gasteiger partial charge is 0.484 e. The maximum Gasteiger partial charge on any atom is 0.262 e. The molecule has 0 radical (unpaired) electrons. The topological polar surface area (TPSA) is 88.6 Å². The first-order valence-corrected chi connectivity index (χ1v) is 12.1. The van der Waals surface area contributed by atoms with Gasteiger partial charge in [-0.3, -0.25) is 4.79 Å². The molecule has 4 rings (SSSR count). The Bertz CT molecular complexity index is 1120. The third-order valence-electron chi connectivity index (χ3n) is 5.03. The lowest BCUT2D eigenvalue weighted by Gasteiger charge is -2.20. The summed E-state index contributed by atoms with van der Waals surface area (Å²) in [5.41, 5.74) is 0.676. The van der Waals surface area contributed by atoms with Gasteiger partial charge < -0.3 is 10.1 Å². The number of hydrogen-bond acceptors (Lipinski definition) is 6. The van der Waals surface area contributed by atoms with E-state index in [-0.39, 0.29) is 17.4 Å². The first-order chi connectivity index (χ1) is 14.5. The van der Waals surface area contributed by atoms with Crippen molar-refractivity contribution < 1.29 is 17.9 Å². The fraction of sp³-hybridized carbons (Fsp3) is 0.333. The molecular weight excluding hydrogens is 422 g/mol. The van der Waals surface area contributed by atoms with E-state index < -0.39 is 10.0 Å². The number of nitrogens with one attached hydrogen (secondary N) is 1. The highest BCUT2D eigenvalue weighted by Crippen LogP contribution is 2.23. The van der Waals surface area contributed by atoms with Gasteiger partial charge >= 0.3 is 0 Å². The van der Waals surface area contributed by atoms with Gasteiger partial charge in [0.05, 0.1) is 9.60 Å². The highest BCUT2D eigenvalue weighted by molar-refractivity contribution is 7.89. The van der Waals surface area contributed by atoms with Gasteiger partial charge in [-0.2, -0.15) is 8.68 Å². The van der Waals surface area contributed by atoms with Crippen LogP contribution < -0.4 is 10.1 Å². The van der Waals surface area contributed by atoms with Crippen molar-refractivity contribution in [1.29, 1.82) is 0 Å². The molecule has 1 fully saturated rings. The van der Waals surface area contributed by atoms with Gasteiger partial charge in [0.25, 0.3) is 5.91 Å². The quantitative estimate of drug-likeness (QED) is 0.622. The number of fused-ring (bicyclic) bond motifs is 1. The number of carbonyl (C=O) groups excluding carboxylic acids is 1. The van der Waals surface area contributed by atoms with Crippen LogP contribution in [0.5, 0.6) is 5.75 Å². The van der Waals surface area contributed by atoms with Gasteiger partial charge in [-0.25, -0.2) is 8.42 Å². The van der Waals surface area contributed by atoms with E-state index in [9.17, 15) is 13.2 Å². The number of sulfonamides is 1. The molecule has 7 nitrogen and oxygen atoms in total. The molecule has 1 aromatic heterocycles. The number of rotatable bonds is 6. The number of aromatic nitrogens is 1. The van der Waals surface area contributed by atoms with Crippen molar-refractivity contribution in [2.45, 2.75) is 30.6 Å². The van der Waals surface area contributed by atoms with Crippen LogP contribution in [-0.4, -0.2) is 42.7 Å². The van der Waals surface area contributed by atoms with Crippen LogP contribution in [0.25, 0.3) is 10.1 Å². The second-order valence-corrected chi connectivity index (χ2v) is 9.98. The summed E-state index contributed by atoms with van der Waals surface area (Å²) >= 11 is 1.40. The van der Waals surface area contributed by atoms with E-state index in [0.717, 1.165) is 35.8 Å². The molecule has 1 aliphatic rings. The number of ether oxygens (including phenoxy) is 1. The fourth-order valence-corrected chi connectivity index (χ4v) is 5.58. The van der Waals surface area contributed by atoms with Gasteiger partial charge in [0, 0.05) is 30.4 Å². The Kier molecular flexibility index (Phi) is 6.31. The Labute approximate surface area is 179 Å². The number of nitrogens with zero attached hydrogens (tertiary/aromatic N) is 2. The van der Waals surface area contributed by atoms with Crippen LogP contribution in [0.2, 0.25) is 0 Å². The molecule has 1 aliphatic heterocycles. The van der Waals surface area contributed by atoms with Gasteiger partial charge in [0.2, 0.25) is 10.0 Å².